The number of ether oxygens (including phenoxy) is 1. The molecule has 0 saturated heterocycles. The van der Waals surface area contributed by atoms with Crippen molar-refractivity contribution in [2.45, 2.75) is 40.7 Å². The first-order valence-corrected chi connectivity index (χ1v) is 9.32. The van der Waals surface area contributed by atoms with Crippen molar-refractivity contribution in [3.05, 3.63) is 48.2 Å². The molecule has 0 saturated carbocycles. The first kappa shape index (κ1) is 19.7. The van der Waals surface area contributed by atoms with Gasteiger partial charge in [-0.25, -0.2) is 14.5 Å². The van der Waals surface area contributed by atoms with E-state index in [1.165, 1.54) is 0 Å². The molecule has 2 aromatic heterocycles. The van der Waals surface area contributed by atoms with Gasteiger partial charge in [0.25, 0.3) is 0 Å². The van der Waals surface area contributed by atoms with Crippen LogP contribution in [-0.2, 0) is 9.53 Å². The summed E-state index contributed by atoms with van der Waals surface area (Å²) in [5.41, 5.74) is 1.96. The van der Waals surface area contributed by atoms with Crippen LogP contribution in [-0.4, -0.2) is 33.1 Å². The molecule has 3 aromatic rings. The zero-order valence-corrected chi connectivity index (χ0v) is 16.9. The lowest BCUT2D eigenvalue weighted by Gasteiger charge is -2.16. The molecule has 0 amide bonds. The fraction of sp³-hybridized carbons (Fsp3) is 0.364. The molecule has 0 atom stereocenters. The Morgan fingerprint density at radius 1 is 1.14 bits per heavy atom. The van der Waals surface area contributed by atoms with Crippen molar-refractivity contribution in [2.75, 3.05) is 6.61 Å². The summed E-state index contributed by atoms with van der Waals surface area (Å²) in [7, 11) is 0. The van der Waals surface area contributed by atoms with Gasteiger partial charge in [-0.05, 0) is 19.9 Å². The quantitative estimate of drug-likeness (QED) is 0.612. The van der Waals surface area contributed by atoms with Crippen LogP contribution in [0.5, 0.6) is 0 Å². The molecule has 0 radical (unpaired) electrons. The fourth-order valence-corrected chi connectivity index (χ4v) is 2.75. The Morgan fingerprint density at radius 2 is 1.82 bits per heavy atom. The van der Waals surface area contributed by atoms with E-state index in [-0.39, 0.29) is 18.4 Å². The van der Waals surface area contributed by atoms with Crippen molar-refractivity contribution in [3.8, 4) is 11.3 Å². The molecule has 0 aliphatic rings. The second kappa shape index (κ2) is 7.54. The van der Waals surface area contributed by atoms with Gasteiger partial charge in [-0.2, -0.15) is 5.10 Å². The molecule has 3 rings (SSSR count). The predicted octanol–water partition coefficient (Wildman–Crippen LogP) is 4.45. The standard InChI is InChI=1S/C22H25N3O3/c1-14(2)25-20-17(12-23-25)16(21(27)28-13-19(26)22(3,4)5)11-18(24-20)15-9-7-6-8-10-15/h6-12,14H,13H2,1-5H3. The number of carbonyl (C=O) groups is 2. The first-order valence-electron chi connectivity index (χ1n) is 9.32. The highest BCUT2D eigenvalue weighted by atomic mass is 16.5. The molecule has 146 valence electrons. The molecule has 0 N–H and O–H groups in total. The molecule has 2 heterocycles. The number of benzene rings is 1. The number of pyridine rings is 1. The Bertz CT molecular complexity index is 1010. The summed E-state index contributed by atoms with van der Waals surface area (Å²) in [6.07, 6.45) is 1.62. The van der Waals surface area contributed by atoms with Crippen LogP contribution in [0.25, 0.3) is 22.3 Å². The molecule has 6 heteroatoms. The van der Waals surface area contributed by atoms with Crippen LogP contribution in [0.15, 0.2) is 42.6 Å². The Hall–Kier alpha value is -3.02. The van der Waals surface area contributed by atoms with Crippen molar-refractivity contribution in [2.24, 2.45) is 5.41 Å². The van der Waals surface area contributed by atoms with Crippen molar-refractivity contribution in [3.63, 3.8) is 0 Å². The van der Waals surface area contributed by atoms with Crippen molar-refractivity contribution in [1.82, 2.24) is 14.8 Å². The normalized spacial score (nSPS) is 11.8. The van der Waals surface area contributed by atoms with Crippen LogP contribution >= 0.6 is 0 Å². The minimum atomic E-state index is -0.564. The van der Waals surface area contributed by atoms with Gasteiger partial charge in [-0.1, -0.05) is 51.1 Å². The third kappa shape index (κ3) is 3.96. The molecule has 28 heavy (non-hydrogen) atoms. The zero-order valence-electron chi connectivity index (χ0n) is 16.9. The highest BCUT2D eigenvalue weighted by Gasteiger charge is 2.24. The van der Waals surface area contributed by atoms with Gasteiger partial charge in [0.1, 0.15) is 0 Å². The highest BCUT2D eigenvalue weighted by molar-refractivity contribution is 6.04. The van der Waals surface area contributed by atoms with Gasteiger partial charge < -0.3 is 4.74 Å². The Kier molecular flexibility index (Phi) is 5.31. The second-order valence-corrected chi connectivity index (χ2v) is 8.09. The fourth-order valence-electron chi connectivity index (χ4n) is 2.75. The molecular weight excluding hydrogens is 354 g/mol. The van der Waals surface area contributed by atoms with Gasteiger partial charge in [-0.3, -0.25) is 4.79 Å². The first-order chi connectivity index (χ1) is 13.2. The third-order valence-corrected chi connectivity index (χ3v) is 4.52. The number of hydrogen-bond donors (Lipinski definition) is 0. The van der Waals surface area contributed by atoms with E-state index in [0.29, 0.717) is 22.3 Å². The van der Waals surface area contributed by atoms with Gasteiger partial charge in [0, 0.05) is 17.0 Å². The molecule has 6 nitrogen and oxygen atoms in total. The smallest absolute Gasteiger partial charge is 0.339 e. The maximum absolute atomic E-state index is 12.8. The Morgan fingerprint density at radius 3 is 2.43 bits per heavy atom. The molecular formula is C22H25N3O3. The van der Waals surface area contributed by atoms with E-state index in [4.69, 9.17) is 9.72 Å². The number of fused-ring (bicyclic) bond motifs is 1. The lowest BCUT2D eigenvalue weighted by Crippen LogP contribution is -2.26. The summed E-state index contributed by atoms with van der Waals surface area (Å²) < 4.78 is 7.11. The lowest BCUT2D eigenvalue weighted by molar-refractivity contribution is -0.129. The molecule has 0 spiro atoms. The molecule has 1 aromatic carbocycles. The van der Waals surface area contributed by atoms with E-state index in [2.05, 4.69) is 5.10 Å². The molecule has 0 aliphatic heterocycles. The summed E-state index contributed by atoms with van der Waals surface area (Å²) in [6.45, 7) is 9.15. The summed E-state index contributed by atoms with van der Waals surface area (Å²) >= 11 is 0. The van der Waals surface area contributed by atoms with E-state index in [9.17, 15) is 9.59 Å². The minimum Gasteiger partial charge on any atom is -0.454 e. The van der Waals surface area contributed by atoms with Gasteiger partial charge in [0.15, 0.2) is 18.0 Å². The van der Waals surface area contributed by atoms with Crippen LogP contribution < -0.4 is 0 Å². The maximum atomic E-state index is 12.8. The van der Waals surface area contributed by atoms with Crippen molar-refractivity contribution in [1.29, 1.82) is 0 Å². The van der Waals surface area contributed by atoms with Gasteiger partial charge in [0.2, 0.25) is 0 Å². The van der Waals surface area contributed by atoms with Gasteiger partial charge >= 0.3 is 5.97 Å². The van der Waals surface area contributed by atoms with E-state index in [1.54, 1.807) is 37.7 Å². The van der Waals surface area contributed by atoms with Crippen LogP contribution in [0, 0.1) is 5.41 Å². The number of hydrogen-bond acceptors (Lipinski definition) is 5. The average Bonchev–Trinajstić information content (AvgIpc) is 3.09. The SMILES string of the molecule is CC(C)n1ncc2c(C(=O)OCC(=O)C(C)(C)C)cc(-c3ccccc3)nc21. The maximum Gasteiger partial charge on any atom is 0.339 e. The van der Waals surface area contributed by atoms with E-state index in [0.717, 1.165) is 5.56 Å². The van der Waals surface area contributed by atoms with Crippen LogP contribution in [0.1, 0.15) is 51.0 Å². The molecule has 0 unspecified atom stereocenters. The lowest BCUT2D eigenvalue weighted by atomic mass is 9.91. The number of carbonyl (C=O) groups excluding carboxylic acids is 2. The van der Waals surface area contributed by atoms with E-state index < -0.39 is 11.4 Å². The van der Waals surface area contributed by atoms with Crippen LogP contribution in [0.2, 0.25) is 0 Å². The monoisotopic (exact) mass is 379 g/mol. The summed E-state index contributed by atoms with van der Waals surface area (Å²) in [5, 5.41) is 5.00. The Balaban J connectivity index is 2.05. The molecule has 0 aliphatic carbocycles. The van der Waals surface area contributed by atoms with E-state index >= 15 is 0 Å². The zero-order chi connectivity index (χ0) is 20.5. The van der Waals surface area contributed by atoms with E-state index in [1.807, 2.05) is 44.2 Å². The molecule has 0 fully saturated rings. The Labute approximate surface area is 164 Å². The topological polar surface area (TPSA) is 74.1 Å². The summed E-state index contributed by atoms with van der Waals surface area (Å²) in [6, 6.07) is 11.4. The highest BCUT2D eigenvalue weighted by Crippen LogP contribution is 2.27. The second-order valence-electron chi connectivity index (χ2n) is 8.09. The number of esters is 1. The van der Waals surface area contributed by atoms with Crippen molar-refractivity contribution < 1.29 is 14.3 Å². The largest absolute Gasteiger partial charge is 0.454 e. The average molecular weight is 379 g/mol. The third-order valence-electron chi connectivity index (χ3n) is 4.52. The number of Topliss-reactive ketones (excluding diaryl/α,β-unsaturated/α-hetero) is 1. The number of aromatic nitrogens is 3. The number of rotatable bonds is 5. The molecule has 0 bridgehead atoms. The van der Waals surface area contributed by atoms with Gasteiger partial charge in [-0.15, -0.1) is 0 Å². The minimum absolute atomic E-state index is 0.0855. The summed E-state index contributed by atoms with van der Waals surface area (Å²) in [5.74, 6) is -0.683. The van der Waals surface area contributed by atoms with Crippen molar-refractivity contribution >= 4 is 22.8 Å². The summed E-state index contributed by atoms with van der Waals surface area (Å²) in [4.78, 5) is 29.7. The number of ketones is 1. The number of nitrogens with zero attached hydrogens (tertiary/aromatic N) is 3. The van der Waals surface area contributed by atoms with Crippen LogP contribution in [0.4, 0.5) is 0 Å². The van der Waals surface area contributed by atoms with Crippen LogP contribution in [0.3, 0.4) is 0 Å². The van der Waals surface area contributed by atoms with Gasteiger partial charge in [0.05, 0.1) is 22.8 Å². The predicted molar refractivity (Wildman–Crippen MR) is 108 cm³/mol.